The molecule has 0 aliphatic rings. The third kappa shape index (κ3) is 2.11. The maximum atomic E-state index is 6.20. The molecule has 5 heteroatoms. The van der Waals surface area contributed by atoms with Gasteiger partial charge in [-0.25, -0.2) is 4.98 Å². The summed E-state index contributed by atoms with van der Waals surface area (Å²) < 4.78 is 1.04. The molecule has 0 aliphatic heterocycles. The largest absolute Gasteiger partial charge is 0.383 e. The molecule has 2 aromatic rings. The monoisotopic (exact) mass is 297 g/mol. The smallest absolute Gasteiger partial charge is 0.128 e. The second kappa shape index (κ2) is 4.53. The Morgan fingerprint density at radius 3 is 2.81 bits per heavy atom. The number of pyridine rings is 1. The van der Waals surface area contributed by atoms with Crippen LogP contribution in [-0.4, -0.2) is 4.98 Å². The molecule has 0 saturated heterocycles. The van der Waals surface area contributed by atoms with Crippen LogP contribution in [0, 0.1) is 6.92 Å². The van der Waals surface area contributed by atoms with Crippen molar-refractivity contribution < 1.29 is 0 Å². The molecular weight excluding hydrogens is 286 g/mol. The van der Waals surface area contributed by atoms with Crippen molar-refractivity contribution in [3.8, 4) is 0 Å². The maximum Gasteiger partial charge on any atom is 0.128 e. The molecule has 2 heterocycles. The standard InChI is InChI=1S/C11H12BrN3S/c1-6-2-3-15-11(14)9(6)10(13)8-4-7(12)5-16-8/h2-5,10H,13H2,1H3,(H2,14,15). The van der Waals surface area contributed by atoms with E-state index in [0.717, 1.165) is 20.5 Å². The number of aryl methyl sites for hydroxylation is 1. The van der Waals surface area contributed by atoms with Crippen molar-refractivity contribution in [3.05, 3.63) is 44.2 Å². The molecule has 1 unspecified atom stereocenters. The van der Waals surface area contributed by atoms with Crippen LogP contribution in [0.25, 0.3) is 0 Å². The minimum atomic E-state index is -0.204. The first kappa shape index (κ1) is 11.6. The van der Waals surface area contributed by atoms with E-state index in [1.807, 2.05) is 24.4 Å². The van der Waals surface area contributed by atoms with Gasteiger partial charge in [-0.1, -0.05) is 0 Å². The van der Waals surface area contributed by atoms with Crippen molar-refractivity contribution in [3.63, 3.8) is 0 Å². The summed E-state index contributed by atoms with van der Waals surface area (Å²) in [5.41, 5.74) is 14.1. The van der Waals surface area contributed by atoms with Crippen LogP contribution in [0.2, 0.25) is 0 Å². The molecule has 2 rings (SSSR count). The lowest BCUT2D eigenvalue weighted by Gasteiger charge is -2.14. The number of aromatic nitrogens is 1. The predicted molar refractivity (Wildman–Crippen MR) is 71.4 cm³/mol. The van der Waals surface area contributed by atoms with Gasteiger partial charge in [0, 0.05) is 26.5 Å². The van der Waals surface area contributed by atoms with Crippen LogP contribution < -0.4 is 11.5 Å². The number of thiophene rings is 1. The van der Waals surface area contributed by atoms with E-state index in [4.69, 9.17) is 11.5 Å². The molecule has 0 bridgehead atoms. The Kier molecular flexibility index (Phi) is 3.28. The van der Waals surface area contributed by atoms with Crippen molar-refractivity contribution in [2.45, 2.75) is 13.0 Å². The second-order valence-electron chi connectivity index (χ2n) is 3.57. The Balaban J connectivity index is 2.45. The number of anilines is 1. The average Bonchev–Trinajstić information content (AvgIpc) is 2.64. The van der Waals surface area contributed by atoms with Gasteiger partial charge in [-0.3, -0.25) is 0 Å². The summed E-state index contributed by atoms with van der Waals surface area (Å²) >= 11 is 5.03. The Labute approximate surface area is 107 Å². The van der Waals surface area contributed by atoms with E-state index in [1.165, 1.54) is 0 Å². The lowest BCUT2D eigenvalue weighted by atomic mass is 10.0. The average molecular weight is 298 g/mol. The van der Waals surface area contributed by atoms with Crippen LogP contribution >= 0.6 is 27.3 Å². The highest BCUT2D eigenvalue weighted by Gasteiger charge is 2.16. The molecule has 84 valence electrons. The summed E-state index contributed by atoms with van der Waals surface area (Å²) in [7, 11) is 0. The number of hydrogen-bond acceptors (Lipinski definition) is 4. The zero-order valence-electron chi connectivity index (χ0n) is 8.77. The normalized spacial score (nSPS) is 12.7. The van der Waals surface area contributed by atoms with Gasteiger partial charge in [0.25, 0.3) is 0 Å². The molecule has 0 saturated carbocycles. The summed E-state index contributed by atoms with van der Waals surface area (Å²) in [5, 5.41) is 2.01. The highest BCUT2D eigenvalue weighted by atomic mass is 79.9. The molecule has 0 aliphatic carbocycles. The van der Waals surface area contributed by atoms with Gasteiger partial charge >= 0.3 is 0 Å². The van der Waals surface area contributed by atoms with E-state index in [0.29, 0.717) is 5.82 Å². The number of hydrogen-bond donors (Lipinski definition) is 2. The third-order valence-corrected chi connectivity index (χ3v) is 4.22. The topological polar surface area (TPSA) is 64.9 Å². The van der Waals surface area contributed by atoms with Crippen LogP contribution in [0.1, 0.15) is 22.0 Å². The summed E-state index contributed by atoms with van der Waals surface area (Å²) in [6, 6.07) is 3.74. The fraction of sp³-hybridized carbons (Fsp3) is 0.182. The maximum absolute atomic E-state index is 6.20. The molecule has 0 radical (unpaired) electrons. The van der Waals surface area contributed by atoms with Crippen LogP contribution in [0.4, 0.5) is 5.82 Å². The lowest BCUT2D eigenvalue weighted by molar-refractivity contribution is 0.877. The molecule has 0 aromatic carbocycles. The highest BCUT2D eigenvalue weighted by molar-refractivity contribution is 9.10. The van der Waals surface area contributed by atoms with Crippen molar-refractivity contribution in [1.82, 2.24) is 4.98 Å². The highest BCUT2D eigenvalue weighted by Crippen LogP contribution is 2.31. The van der Waals surface area contributed by atoms with Crippen LogP contribution in [0.15, 0.2) is 28.2 Å². The second-order valence-corrected chi connectivity index (χ2v) is 5.43. The molecule has 2 aromatic heterocycles. The fourth-order valence-corrected chi connectivity index (χ4v) is 3.08. The van der Waals surface area contributed by atoms with Crippen LogP contribution in [-0.2, 0) is 0 Å². The van der Waals surface area contributed by atoms with Gasteiger partial charge in [0.2, 0.25) is 0 Å². The van der Waals surface area contributed by atoms with Gasteiger partial charge < -0.3 is 11.5 Å². The first-order chi connectivity index (χ1) is 7.59. The first-order valence-electron chi connectivity index (χ1n) is 4.80. The molecule has 1 atom stereocenters. The SMILES string of the molecule is Cc1ccnc(N)c1C(N)c1cc(Br)cs1. The van der Waals surface area contributed by atoms with Crippen molar-refractivity contribution in [2.24, 2.45) is 5.73 Å². The summed E-state index contributed by atoms with van der Waals surface area (Å²) in [4.78, 5) is 5.16. The Morgan fingerprint density at radius 2 is 2.25 bits per heavy atom. The van der Waals surface area contributed by atoms with Crippen molar-refractivity contribution in [2.75, 3.05) is 5.73 Å². The van der Waals surface area contributed by atoms with Crippen LogP contribution in [0.3, 0.4) is 0 Å². The number of nitrogens with zero attached hydrogens (tertiary/aromatic N) is 1. The zero-order valence-corrected chi connectivity index (χ0v) is 11.2. The van der Waals surface area contributed by atoms with E-state index in [1.54, 1.807) is 17.5 Å². The fourth-order valence-electron chi connectivity index (χ4n) is 1.63. The zero-order chi connectivity index (χ0) is 11.7. The summed E-state index contributed by atoms with van der Waals surface area (Å²) in [6.45, 7) is 2.00. The van der Waals surface area contributed by atoms with Crippen molar-refractivity contribution in [1.29, 1.82) is 0 Å². The molecule has 0 spiro atoms. The van der Waals surface area contributed by atoms with Gasteiger partial charge in [-0.05, 0) is 40.5 Å². The number of halogens is 1. The molecule has 16 heavy (non-hydrogen) atoms. The minimum Gasteiger partial charge on any atom is -0.383 e. The van der Waals surface area contributed by atoms with Crippen LogP contribution in [0.5, 0.6) is 0 Å². The molecule has 0 fully saturated rings. The third-order valence-electron chi connectivity index (χ3n) is 2.44. The summed E-state index contributed by atoms with van der Waals surface area (Å²) in [5.74, 6) is 0.511. The quantitative estimate of drug-likeness (QED) is 0.896. The van der Waals surface area contributed by atoms with E-state index in [2.05, 4.69) is 20.9 Å². The minimum absolute atomic E-state index is 0.204. The van der Waals surface area contributed by atoms with E-state index >= 15 is 0 Å². The van der Waals surface area contributed by atoms with Gasteiger partial charge in [0.15, 0.2) is 0 Å². The van der Waals surface area contributed by atoms with Crippen molar-refractivity contribution >= 4 is 33.1 Å². The number of nitrogens with two attached hydrogens (primary N) is 2. The molecule has 4 N–H and O–H groups in total. The number of rotatable bonds is 2. The van der Waals surface area contributed by atoms with Gasteiger partial charge in [-0.15, -0.1) is 11.3 Å². The predicted octanol–water partition coefficient (Wildman–Crippen LogP) is 2.84. The molecule has 0 amide bonds. The van der Waals surface area contributed by atoms with Gasteiger partial charge in [0.05, 0.1) is 6.04 Å². The Morgan fingerprint density at radius 1 is 1.50 bits per heavy atom. The number of nitrogen functional groups attached to an aromatic ring is 1. The summed E-state index contributed by atoms with van der Waals surface area (Å²) in [6.07, 6.45) is 1.70. The van der Waals surface area contributed by atoms with E-state index in [-0.39, 0.29) is 6.04 Å². The molecule has 3 nitrogen and oxygen atoms in total. The Bertz CT molecular complexity index is 489. The van der Waals surface area contributed by atoms with Gasteiger partial charge in [-0.2, -0.15) is 0 Å². The van der Waals surface area contributed by atoms with E-state index in [9.17, 15) is 0 Å². The van der Waals surface area contributed by atoms with Gasteiger partial charge in [0.1, 0.15) is 5.82 Å². The molecular formula is C11H12BrN3S. The van der Waals surface area contributed by atoms with E-state index < -0.39 is 0 Å². The first-order valence-corrected chi connectivity index (χ1v) is 6.47. The lowest BCUT2D eigenvalue weighted by Crippen LogP contribution is -2.15. The Hall–Kier alpha value is -0.910.